The largest absolute Gasteiger partial charge is 0.444 e. The highest BCUT2D eigenvalue weighted by Gasteiger charge is 2.21. The molecule has 0 saturated heterocycles. The number of unbranched alkanes of at least 4 members (excludes halogenated alkanes) is 1. The van der Waals surface area contributed by atoms with Crippen LogP contribution in [0.1, 0.15) is 52.9 Å². The van der Waals surface area contributed by atoms with Gasteiger partial charge in [-0.15, -0.1) is 0 Å². The molecule has 0 aromatic rings. The van der Waals surface area contributed by atoms with E-state index in [-0.39, 0.29) is 12.1 Å². The summed E-state index contributed by atoms with van der Waals surface area (Å²) in [5.41, 5.74) is 8.67. The Balaban J connectivity index is 2.10. The van der Waals surface area contributed by atoms with Gasteiger partial charge in [-0.3, -0.25) is 0 Å². The second kappa shape index (κ2) is 8.03. The van der Waals surface area contributed by atoms with Gasteiger partial charge < -0.3 is 15.8 Å². The summed E-state index contributed by atoms with van der Waals surface area (Å²) in [5, 5.41) is 3.66. The zero-order valence-electron chi connectivity index (χ0n) is 12.8. The summed E-state index contributed by atoms with van der Waals surface area (Å²) in [6.45, 7) is 6.22. The van der Waals surface area contributed by atoms with Crippen LogP contribution < -0.4 is 11.1 Å². The van der Waals surface area contributed by atoms with Crippen molar-refractivity contribution >= 4 is 22.0 Å². The first-order chi connectivity index (χ1) is 9.33. The van der Waals surface area contributed by atoms with Gasteiger partial charge in [-0.25, -0.2) is 4.79 Å². The Hall–Kier alpha value is -0.550. The van der Waals surface area contributed by atoms with E-state index in [1.807, 2.05) is 20.8 Å². The van der Waals surface area contributed by atoms with E-state index < -0.39 is 5.60 Å². The Bertz CT molecular complexity index is 355. The van der Waals surface area contributed by atoms with E-state index in [1.165, 1.54) is 24.0 Å². The standard InChI is InChI=1S/C15H27BrN2O2/c1-15(2,3)20-14(19)18-9-5-4-6-13(17)12(10-16)11-7-8-11/h13H,4-10,17H2,1-3H3,(H,18,19)/t13-/m0/s1. The van der Waals surface area contributed by atoms with Crippen molar-refractivity contribution in [3.8, 4) is 0 Å². The van der Waals surface area contributed by atoms with Crippen molar-refractivity contribution in [1.29, 1.82) is 0 Å². The van der Waals surface area contributed by atoms with Crippen molar-refractivity contribution in [3.63, 3.8) is 0 Å². The van der Waals surface area contributed by atoms with Crippen LogP contribution in [0, 0.1) is 0 Å². The monoisotopic (exact) mass is 346 g/mol. The maximum Gasteiger partial charge on any atom is 0.407 e. The van der Waals surface area contributed by atoms with Crippen LogP contribution >= 0.6 is 15.9 Å². The first-order valence-electron chi connectivity index (χ1n) is 7.32. The minimum atomic E-state index is -0.437. The van der Waals surface area contributed by atoms with E-state index in [0.29, 0.717) is 6.54 Å². The number of amides is 1. The quantitative estimate of drug-likeness (QED) is 0.421. The number of alkyl carbamates (subject to hydrolysis) is 1. The number of halogens is 1. The van der Waals surface area contributed by atoms with Gasteiger partial charge in [-0.05, 0) is 58.4 Å². The molecule has 1 aliphatic carbocycles. The van der Waals surface area contributed by atoms with Crippen LogP contribution in [0.4, 0.5) is 4.79 Å². The van der Waals surface area contributed by atoms with Crippen molar-refractivity contribution < 1.29 is 9.53 Å². The Morgan fingerprint density at radius 1 is 1.40 bits per heavy atom. The van der Waals surface area contributed by atoms with Crippen LogP contribution in [0.5, 0.6) is 0 Å². The molecule has 1 atom stereocenters. The Morgan fingerprint density at radius 2 is 2.05 bits per heavy atom. The lowest BCUT2D eigenvalue weighted by Gasteiger charge is -2.19. The molecule has 1 aliphatic rings. The van der Waals surface area contributed by atoms with Gasteiger partial charge in [-0.2, -0.15) is 0 Å². The molecule has 0 bridgehead atoms. The van der Waals surface area contributed by atoms with E-state index in [4.69, 9.17) is 10.5 Å². The Labute approximate surface area is 130 Å². The number of hydrogen-bond acceptors (Lipinski definition) is 3. The van der Waals surface area contributed by atoms with Crippen molar-refractivity contribution in [3.05, 3.63) is 11.1 Å². The number of ether oxygens (including phenoxy) is 1. The molecule has 0 aromatic heterocycles. The number of carbonyl (C=O) groups excluding carboxylic acids is 1. The van der Waals surface area contributed by atoms with E-state index >= 15 is 0 Å². The molecule has 1 fully saturated rings. The van der Waals surface area contributed by atoms with E-state index in [9.17, 15) is 4.79 Å². The van der Waals surface area contributed by atoms with Gasteiger partial charge >= 0.3 is 6.09 Å². The van der Waals surface area contributed by atoms with Gasteiger partial charge in [0.15, 0.2) is 0 Å². The predicted molar refractivity (Wildman–Crippen MR) is 86.1 cm³/mol. The number of rotatable bonds is 7. The fourth-order valence-electron chi connectivity index (χ4n) is 2.01. The molecule has 116 valence electrons. The average Bonchev–Trinajstić information content (AvgIpc) is 3.11. The minimum absolute atomic E-state index is 0.161. The molecular weight excluding hydrogens is 320 g/mol. The summed E-state index contributed by atoms with van der Waals surface area (Å²) < 4.78 is 5.17. The number of alkyl halides is 1. The molecule has 0 aliphatic heterocycles. The Kier molecular flexibility index (Phi) is 7.03. The van der Waals surface area contributed by atoms with Gasteiger partial charge in [-0.1, -0.05) is 21.5 Å². The lowest BCUT2D eigenvalue weighted by atomic mass is 10.0. The zero-order chi connectivity index (χ0) is 15.2. The number of allylic oxidation sites excluding steroid dienone is 1. The van der Waals surface area contributed by atoms with Gasteiger partial charge in [0.1, 0.15) is 5.60 Å². The molecule has 1 amide bonds. The molecule has 20 heavy (non-hydrogen) atoms. The summed E-state index contributed by atoms with van der Waals surface area (Å²) in [6.07, 6.45) is 5.01. The Morgan fingerprint density at radius 3 is 2.55 bits per heavy atom. The fourth-order valence-corrected chi connectivity index (χ4v) is 2.82. The first-order valence-corrected chi connectivity index (χ1v) is 8.45. The summed E-state index contributed by atoms with van der Waals surface area (Å²) in [5.74, 6) is 0. The number of nitrogens with one attached hydrogen (secondary N) is 1. The highest BCUT2D eigenvalue weighted by atomic mass is 79.9. The van der Waals surface area contributed by atoms with Crippen molar-refractivity contribution in [1.82, 2.24) is 5.32 Å². The second-order valence-electron chi connectivity index (χ2n) is 6.29. The molecule has 4 nitrogen and oxygen atoms in total. The molecule has 0 spiro atoms. The minimum Gasteiger partial charge on any atom is -0.444 e. The second-order valence-corrected chi connectivity index (χ2v) is 6.85. The lowest BCUT2D eigenvalue weighted by Crippen LogP contribution is -2.33. The highest BCUT2D eigenvalue weighted by molar-refractivity contribution is 9.09. The van der Waals surface area contributed by atoms with Gasteiger partial charge in [0.05, 0.1) is 0 Å². The van der Waals surface area contributed by atoms with Gasteiger partial charge in [0.25, 0.3) is 0 Å². The van der Waals surface area contributed by atoms with Crippen LogP contribution in [-0.4, -0.2) is 29.6 Å². The molecule has 1 saturated carbocycles. The van der Waals surface area contributed by atoms with Crippen LogP contribution in [0.25, 0.3) is 0 Å². The number of hydrogen-bond donors (Lipinski definition) is 2. The van der Waals surface area contributed by atoms with E-state index in [0.717, 1.165) is 24.6 Å². The summed E-state index contributed by atoms with van der Waals surface area (Å²) in [6, 6.07) is 0.161. The van der Waals surface area contributed by atoms with Crippen molar-refractivity contribution in [2.45, 2.75) is 64.5 Å². The zero-order valence-corrected chi connectivity index (χ0v) is 14.4. The SMILES string of the molecule is CC(C)(C)OC(=O)NCCCC[C@H](N)C(CBr)=C1CC1. The third-order valence-corrected chi connectivity index (χ3v) is 3.76. The fraction of sp³-hybridized carbons (Fsp3) is 0.800. The van der Waals surface area contributed by atoms with Crippen LogP contribution in [0.15, 0.2) is 11.1 Å². The van der Waals surface area contributed by atoms with Crippen LogP contribution in [-0.2, 0) is 4.74 Å². The molecule has 0 unspecified atom stereocenters. The summed E-state index contributed by atoms with van der Waals surface area (Å²) in [7, 11) is 0. The topological polar surface area (TPSA) is 64.3 Å². The summed E-state index contributed by atoms with van der Waals surface area (Å²) >= 11 is 3.52. The van der Waals surface area contributed by atoms with Gasteiger partial charge in [0.2, 0.25) is 0 Å². The average molecular weight is 347 g/mol. The molecule has 0 aromatic carbocycles. The summed E-state index contributed by atoms with van der Waals surface area (Å²) in [4.78, 5) is 11.4. The van der Waals surface area contributed by atoms with Crippen LogP contribution in [0.3, 0.4) is 0 Å². The lowest BCUT2D eigenvalue weighted by molar-refractivity contribution is 0.0527. The van der Waals surface area contributed by atoms with E-state index in [2.05, 4.69) is 21.2 Å². The van der Waals surface area contributed by atoms with Gasteiger partial charge in [0, 0.05) is 17.9 Å². The number of nitrogens with two attached hydrogens (primary N) is 1. The smallest absolute Gasteiger partial charge is 0.407 e. The third-order valence-electron chi connectivity index (χ3n) is 3.16. The number of carbonyl (C=O) groups is 1. The highest BCUT2D eigenvalue weighted by Crippen LogP contribution is 2.34. The van der Waals surface area contributed by atoms with Crippen molar-refractivity contribution in [2.75, 3.05) is 11.9 Å². The molecule has 0 radical (unpaired) electrons. The van der Waals surface area contributed by atoms with Crippen molar-refractivity contribution in [2.24, 2.45) is 5.73 Å². The molecule has 0 heterocycles. The molecule has 1 rings (SSSR count). The molecule has 3 N–H and O–H groups in total. The maximum atomic E-state index is 11.4. The van der Waals surface area contributed by atoms with E-state index in [1.54, 1.807) is 0 Å². The maximum absolute atomic E-state index is 11.4. The molecule has 5 heteroatoms. The predicted octanol–water partition coefficient (Wildman–Crippen LogP) is 3.49. The normalized spacial score (nSPS) is 15.8. The third kappa shape index (κ3) is 7.29. The first kappa shape index (κ1) is 17.5. The molecular formula is C15H27BrN2O2. The van der Waals surface area contributed by atoms with Crippen LogP contribution in [0.2, 0.25) is 0 Å².